The van der Waals surface area contributed by atoms with Crippen molar-refractivity contribution in [1.82, 2.24) is 0 Å². The highest BCUT2D eigenvalue weighted by Crippen LogP contribution is 2.57. The van der Waals surface area contributed by atoms with Gasteiger partial charge in [0.1, 0.15) is 0 Å². The Kier molecular flexibility index (Phi) is 1.92. The highest BCUT2D eigenvalue weighted by molar-refractivity contribution is 7.41. The molecule has 0 aromatic rings. The summed E-state index contributed by atoms with van der Waals surface area (Å²) in [6, 6.07) is 0. The first-order chi connectivity index (χ1) is 5.27. The van der Waals surface area contributed by atoms with Crippen molar-refractivity contribution in [2.75, 3.05) is 13.2 Å². The van der Waals surface area contributed by atoms with Gasteiger partial charge in [0.15, 0.2) is 0 Å². The van der Waals surface area contributed by atoms with Crippen LogP contribution >= 0.6 is 8.60 Å². The third kappa shape index (κ3) is 1.11. The van der Waals surface area contributed by atoms with Gasteiger partial charge in [0.25, 0.3) is 0 Å². The van der Waals surface area contributed by atoms with Crippen LogP contribution in [0.3, 0.4) is 0 Å². The van der Waals surface area contributed by atoms with Crippen LogP contribution < -0.4 is 0 Å². The minimum Gasteiger partial charge on any atom is -0.311 e. The maximum atomic E-state index is 5.50. The molecule has 0 amide bonds. The summed E-state index contributed by atoms with van der Waals surface area (Å²) in [5.74, 6) is 0. The molecule has 0 aliphatic carbocycles. The van der Waals surface area contributed by atoms with Gasteiger partial charge in [0.05, 0.1) is 19.3 Å². The lowest BCUT2D eigenvalue weighted by molar-refractivity contribution is -0.116. The van der Waals surface area contributed by atoms with Crippen LogP contribution in [0.15, 0.2) is 0 Å². The van der Waals surface area contributed by atoms with E-state index >= 15 is 0 Å². The summed E-state index contributed by atoms with van der Waals surface area (Å²) in [5.41, 5.74) is 0.136. The maximum absolute atomic E-state index is 5.50. The van der Waals surface area contributed by atoms with Crippen molar-refractivity contribution >= 4 is 8.60 Å². The van der Waals surface area contributed by atoms with Gasteiger partial charge >= 0.3 is 8.60 Å². The molecular formula is C7H13O3P. The summed E-state index contributed by atoms with van der Waals surface area (Å²) in [6.45, 7) is 5.90. The summed E-state index contributed by atoms with van der Waals surface area (Å²) in [6.07, 6.45) is 1.37. The average Bonchev–Trinajstić information content (AvgIpc) is 2.07. The van der Waals surface area contributed by atoms with E-state index in [9.17, 15) is 0 Å². The molecule has 0 aromatic carbocycles. The van der Waals surface area contributed by atoms with Crippen molar-refractivity contribution < 1.29 is 13.6 Å². The number of hydrogen-bond acceptors (Lipinski definition) is 3. The summed E-state index contributed by atoms with van der Waals surface area (Å²) in [7, 11) is -0.980. The molecule has 0 saturated carbocycles. The van der Waals surface area contributed by atoms with E-state index in [1.54, 1.807) is 0 Å². The van der Waals surface area contributed by atoms with Crippen LogP contribution in [0.2, 0.25) is 0 Å². The van der Waals surface area contributed by atoms with Gasteiger partial charge < -0.3 is 13.6 Å². The Hall–Kier alpha value is 0.310. The van der Waals surface area contributed by atoms with Gasteiger partial charge in [-0.05, 0) is 13.3 Å². The van der Waals surface area contributed by atoms with E-state index in [4.69, 9.17) is 13.6 Å². The van der Waals surface area contributed by atoms with Crippen molar-refractivity contribution in [1.29, 1.82) is 0 Å². The van der Waals surface area contributed by atoms with E-state index in [2.05, 4.69) is 13.8 Å². The van der Waals surface area contributed by atoms with Crippen LogP contribution in [0.1, 0.15) is 20.3 Å². The predicted octanol–water partition coefficient (Wildman–Crippen LogP) is 2.08. The van der Waals surface area contributed by atoms with Crippen LogP contribution in [-0.4, -0.2) is 19.3 Å². The van der Waals surface area contributed by atoms with Gasteiger partial charge in [0.2, 0.25) is 0 Å². The first-order valence-electron chi connectivity index (χ1n) is 3.99. The zero-order valence-electron chi connectivity index (χ0n) is 6.87. The molecule has 1 atom stereocenters. The van der Waals surface area contributed by atoms with Crippen LogP contribution in [0.5, 0.6) is 0 Å². The summed E-state index contributed by atoms with van der Waals surface area (Å²) in [5, 5.41) is 0. The topological polar surface area (TPSA) is 27.7 Å². The van der Waals surface area contributed by atoms with Crippen molar-refractivity contribution in [3.8, 4) is 0 Å². The van der Waals surface area contributed by atoms with Crippen LogP contribution in [0.4, 0.5) is 0 Å². The van der Waals surface area contributed by atoms with E-state index in [-0.39, 0.29) is 5.41 Å². The zero-order chi connectivity index (χ0) is 7.90. The molecule has 3 fully saturated rings. The molecule has 3 aliphatic heterocycles. The second kappa shape index (κ2) is 2.67. The van der Waals surface area contributed by atoms with Gasteiger partial charge in [-0.2, -0.15) is 0 Å². The average molecular weight is 176 g/mol. The van der Waals surface area contributed by atoms with Crippen molar-refractivity contribution in [2.45, 2.75) is 26.4 Å². The Balaban J connectivity index is 2.16. The van der Waals surface area contributed by atoms with Gasteiger partial charge in [-0.3, -0.25) is 0 Å². The smallest absolute Gasteiger partial charge is 0.311 e. The van der Waals surface area contributed by atoms with E-state index in [1.807, 2.05) is 0 Å². The molecule has 3 saturated heterocycles. The molecule has 0 radical (unpaired) electrons. The standard InChI is InChI=1S/C7H13O3P/c1-3-7-4-8-11(9-5-7)10-6(7)2/h6H,3-5H2,1-2H3. The van der Waals surface area contributed by atoms with Crippen LogP contribution in [0.25, 0.3) is 0 Å². The normalized spacial score (nSPS) is 49.6. The largest absolute Gasteiger partial charge is 0.332 e. The first kappa shape index (κ1) is 7.93. The summed E-state index contributed by atoms with van der Waals surface area (Å²) >= 11 is 0. The van der Waals surface area contributed by atoms with Gasteiger partial charge in [0, 0.05) is 5.41 Å². The Morgan fingerprint density at radius 3 is 2.45 bits per heavy atom. The fraction of sp³-hybridized carbons (Fsp3) is 1.00. The Labute approximate surface area is 68.0 Å². The van der Waals surface area contributed by atoms with Crippen molar-refractivity contribution in [3.05, 3.63) is 0 Å². The highest BCUT2D eigenvalue weighted by Gasteiger charge is 2.48. The molecule has 1 unspecified atom stereocenters. The summed E-state index contributed by atoms with van der Waals surface area (Å²) in [4.78, 5) is 0. The third-order valence-corrected chi connectivity index (χ3v) is 3.89. The monoisotopic (exact) mass is 176 g/mol. The third-order valence-electron chi connectivity index (χ3n) is 2.73. The lowest BCUT2D eigenvalue weighted by Crippen LogP contribution is -2.48. The predicted molar refractivity (Wildman–Crippen MR) is 42.1 cm³/mol. The second-order valence-corrected chi connectivity index (χ2v) is 4.41. The SMILES string of the molecule is CCC12COP(OC1)OC2C. The van der Waals surface area contributed by atoms with E-state index in [0.717, 1.165) is 19.6 Å². The molecule has 3 rings (SSSR count). The van der Waals surface area contributed by atoms with E-state index in [0.29, 0.717) is 6.10 Å². The van der Waals surface area contributed by atoms with Gasteiger partial charge in [-0.1, -0.05) is 6.92 Å². The molecule has 3 heterocycles. The number of rotatable bonds is 1. The molecule has 3 aliphatic rings. The quantitative estimate of drug-likeness (QED) is 0.572. The number of hydrogen-bond donors (Lipinski definition) is 0. The fourth-order valence-corrected chi connectivity index (χ4v) is 2.87. The molecular weight excluding hydrogens is 163 g/mol. The van der Waals surface area contributed by atoms with Crippen LogP contribution in [-0.2, 0) is 13.6 Å². The van der Waals surface area contributed by atoms with Crippen molar-refractivity contribution in [2.24, 2.45) is 5.41 Å². The molecule has 0 N–H and O–H groups in total. The van der Waals surface area contributed by atoms with Gasteiger partial charge in [-0.15, -0.1) is 0 Å². The molecule has 64 valence electrons. The van der Waals surface area contributed by atoms with E-state index in [1.165, 1.54) is 0 Å². The minimum absolute atomic E-state index is 0.136. The highest BCUT2D eigenvalue weighted by atomic mass is 31.2. The first-order valence-corrected chi connectivity index (χ1v) is 5.09. The number of fused-ring (bicyclic) bond motifs is 3. The molecule has 0 spiro atoms. The van der Waals surface area contributed by atoms with Gasteiger partial charge in [-0.25, -0.2) is 0 Å². The molecule has 3 nitrogen and oxygen atoms in total. The molecule has 11 heavy (non-hydrogen) atoms. The molecule has 2 bridgehead atoms. The Morgan fingerprint density at radius 2 is 2.09 bits per heavy atom. The van der Waals surface area contributed by atoms with E-state index < -0.39 is 8.60 Å². The lowest BCUT2D eigenvalue weighted by atomic mass is 9.82. The summed E-state index contributed by atoms with van der Waals surface area (Å²) < 4.78 is 16.2. The maximum Gasteiger partial charge on any atom is 0.332 e. The molecule has 4 heteroatoms. The Morgan fingerprint density at radius 1 is 1.45 bits per heavy atom. The second-order valence-electron chi connectivity index (χ2n) is 3.23. The van der Waals surface area contributed by atoms with Crippen molar-refractivity contribution in [3.63, 3.8) is 0 Å². The zero-order valence-corrected chi connectivity index (χ0v) is 7.77. The fourth-order valence-electron chi connectivity index (χ4n) is 1.47. The lowest BCUT2D eigenvalue weighted by Gasteiger charge is -2.48. The minimum atomic E-state index is -0.980. The Bertz CT molecular complexity index is 154. The molecule has 0 aromatic heterocycles. The van der Waals surface area contributed by atoms with Crippen LogP contribution in [0, 0.1) is 5.41 Å².